The molecule has 2 rings (SSSR count). The van der Waals surface area contributed by atoms with Crippen LogP contribution in [0.4, 0.5) is 0 Å². The molecule has 1 saturated heterocycles. The molecule has 0 amide bonds. The summed E-state index contributed by atoms with van der Waals surface area (Å²) in [5, 5.41) is 10.2. The third-order valence-corrected chi connectivity index (χ3v) is 4.90. The summed E-state index contributed by atoms with van der Waals surface area (Å²) >= 11 is 12.4. The number of nitrogens with zero attached hydrogens (tertiary/aromatic N) is 1. The van der Waals surface area contributed by atoms with Crippen LogP contribution in [0.15, 0.2) is 18.2 Å². The van der Waals surface area contributed by atoms with E-state index in [4.69, 9.17) is 23.2 Å². The fraction of sp³-hybridized carbons (Fsp3) is 0.533. The Bertz CT molecular complexity index is 501. The number of carboxylic acids is 1. The molecular formula is C15H19Cl2NO2. The number of halogens is 2. The Morgan fingerprint density at radius 3 is 2.55 bits per heavy atom. The van der Waals surface area contributed by atoms with Gasteiger partial charge in [0.1, 0.15) is 0 Å². The number of hydrogen-bond acceptors (Lipinski definition) is 2. The second-order valence-electron chi connectivity index (χ2n) is 5.49. The normalized spacial score (nSPS) is 19.6. The lowest BCUT2D eigenvalue weighted by Gasteiger charge is -2.43. The lowest BCUT2D eigenvalue weighted by molar-refractivity contribution is -0.140. The third-order valence-electron chi connectivity index (χ3n) is 4.08. The summed E-state index contributed by atoms with van der Waals surface area (Å²) in [5.74, 6) is -0.825. The average molecular weight is 316 g/mol. The van der Waals surface area contributed by atoms with Gasteiger partial charge in [-0.25, -0.2) is 0 Å². The van der Waals surface area contributed by atoms with Crippen LogP contribution in [0.1, 0.15) is 38.2 Å². The van der Waals surface area contributed by atoms with E-state index in [-0.39, 0.29) is 6.42 Å². The molecule has 1 fully saturated rings. The van der Waals surface area contributed by atoms with Crippen molar-refractivity contribution in [2.45, 2.75) is 38.1 Å². The highest BCUT2D eigenvalue weighted by Gasteiger charge is 2.38. The minimum absolute atomic E-state index is 0.0209. The van der Waals surface area contributed by atoms with E-state index in [0.717, 1.165) is 31.5 Å². The summed E-state index contributed by atoms with van der Waals surface area (Å²) in [5.41, 5.74) is 0.185. The molecule has 1 heterocycles. The van der Waals surface area contributed by atoms with Gasteiger partial charge in [-0.2, -0.15) is 0 Å². The van der Waals surface area contributed by atoms with Gasteiger partial charge >= 0.3 is 5.97 Å². The largest absolute Gasteiger partial charge is 0.481 e. The number of rotatable bonds is 4. The van der Waals surface area contributed by atoms with Gasteiger partial charge in [0.05, 0.1) is 22.0 Å². The first-order valence-corrected chi connectivity index (χ1v) is 7.62. The number of aliphatic carboxylic acids is 1. The Morgan fingerprint density at radius 2 is 1.95 bits per heavy atom. The summed E-state index contributed by atoms with van der Waals surface area (Å²) in [6.07, 6.45) is 3.40. The van der Waals surface area contributed by atoms with Gasteiger partial charge in [0, 0.05) is 0 Å². The van der Waals surface area contributed by atoms with Gasteiger partial charge in [0.15, 0.2) is 0 Å². The number of benzene rings is 1. The highest BCUT2D eigenvalue weighted by Crippen LogP contribution is 2.40. The Balaban J connectivity index is 2.44. The Labute approximate surface area is 129 Å². The average Bonchev–Trinajstić information content (AvgIpc) is 2.42. The molecule has 3 nitrogen and oxygen atoms in total. The van der Waals surface area contributed by atoms with Crippen molar-refractivity contribution in [2.75, 3.05) is 13.1 Å². The topological polar surface area (TPSA) is 40.5 Å². The number of carbonyl (C=O) groups is 1. The molecule has 1 N–H and O–H groups in total. The van der Waals surface area contributed by atoms with Crippen molar-refractivity contribution in [2.24, 2.45) is 0 Å². The second-order valence-corrected chi connectivity index (χ2v) is 6.28. The Hall–Kier alpha value is -0.770. The van der Waals surface area contributed by atoms with Gasteiger partial charge in [-0.3, -0.25) is 9.69 Å². The fourth-order valence-electron chi connectivity index (χ4n) is 2.98. The minimum atomic E-state index is -0.825. The maximum Gasteiger partial charge on any atom is 0.305 e. The van der Waals surface area contributed by atoms with Crippen LogP contribution >= 0.6 is 23.2 Å². The first-order chi connectivity index (χ1) is 9.45. The van der Waals surface area contributed by atoms with Gasteiger partial charge in [-0.05, 0) is 44.5 Å². The molecule has 20 heavy (non-hydrogen) atoms. The molecule has 1 aliphatic rings. The predicted molar refractivity (Wildman–Crippen MR) is 81.5 cm³/mol. The molecule has 5 heteroatoms. The molecule has 0 aliphatic carbocycles. The Kier molecular flexibility index (Phi) is 4.95. The SMILES string of the molecule is CC(CC(=O)O)(c1cccc(Cl)c1Cl)N1CCCCC1. The van der Waals surface area contributed by atoms with Crippen LogP contribution in [0.5, 0.6) is 0 Å². The molecule has 1 atom stereocenters. The van der Waals surface area contributed by atoms with Crippen LogP contribution < -0.4 is 0 Å². The lowest BCUT2D eigenvalue weighted by Crippen LogP contribution is -2.48. The van der Waals surface area contributed by atoms with Crippen molar-refractivity contribution < 1.29 is 9.90 Å². The molecule has 1 aromatic rings. The monoisotopic (exact) mass is 315 g/mol. The zero-order chi connectivity index (χ0) is 14.8. The van der Waals surface area contributed by atoms with Crippen LogP contribution in [0.2, 0.25) is 10.0 Å². The van der Waals surface area contributed by atoms with E-state index in [1.165, 1.54) is 6.42 Å². The maximum absolute atomic E-state index is 11.3. The number of hydrogen-bond donors (Lipinski definition) is 1. The van der Waals surface area contributed by atoms with Crippen molar-refractivity contribution in [3.63, 3.8) is 0 Å². The molecule has 0 saturated carbocycles. The van der Waals surface area contributed by atoms with Gasteiger partial charge < -0.3 is 5.11 Å². The number of piperidine rings is 1. The van der Waals surface area contributed by atoms with E-state index in [1.54, 1.807) is 6.07 Å². The van der Waals surface area contributed by atoms with Crippen LogP contribution in [-0.2, 0) is 10.3 Å². The van der Waals surface area contributed by atoms with Gasteiger partial charge in [0.25, 0.3) is 0 Å². The molecule has 1 unspecified atom stereocenters. The fourth-order valence-corrected chi connectivity index (χ4v) is 3.48. The zero-order valence-corrected chi connectivity index (χ0v) is 13.0. The van der Waals surface area contributed by atoms with E-state index in [9.17, 15) is 9.90 Å². The van der Waals surface area contributed by atoms with Crippen LogP contribution in [0.25, 0.3) is 0 Å². The molecular weight excluding hydrogens is 297 g/mol. The van der Waals surface area contributed by atoms with Crippen molar-refractivity contribution in [1.29, 1.82) is 0 Å². The van der Waals surface area contributed by atoms with E-state index >= 15 is 0 Å². The first kappa shape index (κ1) is 15.6. The molecule has 0 bridgehead atoms. The molecule has 110 valence electrons. The summed E-state index contributed by atoms with van der Waals surface area (Å²) < 4.78 is 0. The molecule has 0 radical (unpaired) electrons. The highest BCUT2D eigenvalue weighted by molar-refractivity contribution is 6.42. The number of likely N-dealkylation sites (tertiary alicyclic amines) is 1. The maximum atomic E-state index is 11.3. The quantitative estimate of drug-likeness (QED) is 0.906. The summed E-state index contributed by atoms with van der Waals surface area (Å²) in [6, 6.07) is 5.43. The van der Waals surface area contributed by atoms with Crippen molar-refractivity contribution in [3.05, 3.63) is 33.8 Å². The second kappa shape index (κ2) is 6.33. The highest BCUT2D eigenvalue weighted by atomic mass is 35.5. The Morgan fingerprint density at radius 1 is 1.30 bits per heavy atom. The lowest BCUT2D eigenvalue weighted by atomic mass is 9.85. The molecule has 0 spiro atoms. The third kappa shape index (κ3) is 3.11. The number of carboxylic acid groups (broad SMARTS) is 1. The van der Waals surface area contributed by atoms with Gasteiger partial charge in [-0.15, -0.1) is 0 Å². The predicted octanol–water partition coefficient (Wildman–Crippen LogP) is 4.17. The van der Waals surface area contributed by atoms with Gasteiger partial charge in [-0.1, -0.05) is 41.8 Å². The van der Waals surface area contributed by atoms with E-state index in [1.807, 2.05) is 19.1 Å². The van der Waals surface area contributed by atoms with E-state index < -0.39 is 11.5 Å². The molecule has 1 aliphatic heterocycles. The first-order valence-electron chi connectivity index (χ1n) is 6.86. The van der Waals surface area contributed by atoms with Crippen molar-refractivity contribution in [1.82, 2.24) is 4.90 Å². The summed E-state index contributed by atoms with van der Waals surface area (Å²) in [7, 11) is 0. The zero-order valence-electron chi connectivity index (χ0n) is 11.5. The molecule has 0 aromatic heterocycles. The van der Waals surface area contributed by atoms with Gasteiger partial charge in [0.2, 0.25) is 0 Å². The smallest absolute Gasteiger partial charge is 0.305 e. The van der Waals surface area contributed by atoms with Crippen molar-refractivity contribution >= 4 is 29.2 Å². The van der Waals surface area contributed by atoms with Crippen LogP contribution in [0, 0.1) is 0 Å². The van der Waals surface area contributed by atoms with Crippen LogP contribution in [-0.4, -0.2) is 29.1 Å². The standard InChI is InChI=1S/C15H19Cl2NO2/c1-15(10-13(19)20,18-8-3-2-4-9-18)11-6-5-7-12(16)14(11)17/h5-7H,2-4,8-10H2,1H3,(H,19,20). The summed E-state index contributed by atoms with van der Waals surface area (Å²) in [6.45, 7) is 3.74. The minimum Gasteiger partial charge on any atom is -0.481 e. The molecule has 1 aromatic carbocycles. The van der Waals surface area contributed by atoms with E-state index in [0.29, 0.717) is 10.0 Å². The summed E-state index contributed by atoms with van der Waals surface area (Å²) in [4.78, 5) is 13.5. The van der Waals surface area contributed by atoms with E-state index in [2.05, 4.69) is 4.90 Å². The van der Waals surface area contributed by atoms with Crippen molar-refractivity contribution in [3.8, 4) is 0 Å². The van der Waals surface area contributed by atoms with Crippen LogP contribution in [0.3, 0.4) is 0 Å².